The van der Waals surface area contributed by atoms with Gasteiger partial charge in [-0.3, -0.25) is 9.89 Å². The summed E-state index contributed by atoms with van der Waals surface area (Å²) in [5, 5.41) is 0. The second-order valence-electron chi connectivity index (χ2n) is 9.03. The Balaban J connectivity index is 1.93. The van der Waals surface area contributed by atoms with Crippen molar-refractivity contribution >= 4 is 6.34 Å². The number of nitrogens with zero attached hydrogens (tertiary/aromatic N) is 4. The first-order valence-corrected chi connectivity index (χ1v) is 8.79. The molecule has 0 bridgehead atoms. The van der Waals surface area contributed by atoms with Gasteiger partial charge in [0.25, 0.3) is 0 Å². The molecule has 3 heterocycles. The molecule has 1 unspecified atom stereocenters. The summed E-state index contributed by atoms with van der Waals surface area (Å²) >= 11 is 0. The Kier molecular flexibility index (Phi) is 4.32. The number of piperazine rings is 1. The second kappa shape index (κ2) is 6.03. The van der Waals surface area contributed by atoms with Crippen molar-refractivity contribution in [2.24, 2.45) is 15.8 Å². The maximum atomic E-state index is 5.12. The molecule has 1 saturated heterocycles. The molecule has 2 aliphatic heterocycles. The number of fused-ring (bicyclic) bond motifs is 1. The maximum absolute atomic E-state index is 5.12. The lowest BCUT2D eigenvalue weighted by molar-refractivity contribution is 0.194. The number of aromatic nitrogens is 1. The Morgan fingerprint density at radius 1 is 1.17 bits per heavy atom. The highest BCUT2D eigenvalue weighted by molar-refractivity contribution is 5.63. The third-order valence-corrected chi connectivity index (χ3v) is 4.81. The summed E-state index contributed by atoms with van der Waals surface area (Å²) in [5.41, 5.74) is 4.11. The van der Waals surface area contributed by atoms with Gasteiger partial charge in [-0.15, -0.1) is 0 Å². The minimum atomic E-state index is 0.0974. The average molecular weight is 330 g/mol. The number of hydrogen-bond donors (Lipinski definition) is 0. The molecule has 0 spiro atoms. The van der Waals surface area contributed by atoms with E-state index in [0.717, 1.165) is 31.9 Å². The Labute approximate surface area is 145 Å². The second-order valence-corrected chi connectivity index (χ2v) is 9.03. The van der Waals surface area contributed by atoms with Crippen molar-refractivity contribution in [1.82, 2.24) is 14.8 Å². The van der Waals surface area contributed by atoms with Crippen molar-refractivity contribution in [3.05, 3.63) is 29.6 Å². The van der Waals surface area contributed by atoms with E-state index in [-0.39, 0.29) is 16.9 Å². The topological polar surface area (TPSA) is 44.9 Å². The van der Waals surface area contributed by atoms with E-state index in [1.807, 2.05) is 0 Å². The van der Waals surface area contributed by atoms with E-state index in [1.54, 1.807) is 6.26 Å². The summed E-state index contributed by atoms with van der Waals surface area (Å²) in [6, 6.07) is 0.232. The third-order valence-electron chi connectivity index (χ3n) is 4.81. The molecule has 132 valence electrons. The molecule has 0 aromatic carbocycles. The van der Waals surface area contributed by atoms with Gasteiger partial charge in [0.15, 0.2) is 6.39 Å². The van der Waals surface area contributed by atoms with Crippen LogP contribution in [0, 0.1) is 10.8 Å². The Morgan fingerprint density at radius 3 is 2.50 bits per heavy atom. The Morgan fingerprint density at radius 2 is 1.92 bits per heavy atom. The maximum Gasteiger partial charge on any atom is 0.180 e. The summed E-state index contributed by atoms with van der Waals surface area (Å²) in [7, 11) is 0. The van der Waals surface area contributed by atoms with Crippen LogP contribution in [0.25, 0.3) is 0 Å². The van der Waals surface area contributed by atoms with E-state index in [2.05, 4.69) is 62.7 Å². The van der Waals surface area contributed by atoms with Gasteiger partial charge in [-0.2, -0.15) is 0 Å². The Hall–Kier alpha value is -1.62. The lowest BCUT2D eigenvalue weighted by Crippen LogP contribution is -2.49. The molecule has 0 N–H and O–H groups in total. The van der Waals surface area contributed by atoms with E-state index in [0.29, 0.717) is 0 Å². The molecule has 1 atom stereocenters. The lowest BCUT2D eigenvalue weighted by Gasteiger charge is -2.46. The van der Waals surface area contributed by atoms with Crippen LogP contribution in [0.5, 0.6) is 0 Å². The fourth-order valence-corrected chi connectivity index (χ4v) is 3.69. The van der Waals surface area contributed by atoms with Crippen molar-refractivity contribution < 1.29 is 4.42 Å². The fraction of sp³-hybridized carbons (Fsp3) is 0.684. The van der Waals surface area contributed by atoms with Gasteiger partial charge in [-0.1, -0.05) is 41.5 Å². The molecule has 1 aromatic rings. The van der Waals surface area contributed by atoms with Crippen LogP contribution in [0.2, 0.25) is 0 Å². The summed E-state index contributed by atoms with van der Waals surface area (Å²) in [5.74, 6) is 0. The minimum absolute atomic E-state index is 0.0974. The number of rotatable bonds is 2. The monoisotopic (exact) mass is 330 g/mol. The molecule has 2 aliphatic rings. The van der Waals surface area contributed by atoms with Gasteiger partial charge in [0.1, 0.15) is 6.26 Å². The van der Waals surface area contributed by atoms with Crippen LogP contribution in [0.15, 0.2) is 33.3 Å². The van der Waals surface area contributed by atoms with E-state index in [1.165, 1.54) is 17.7 Å². The molecule has 0 radical (unpaired) electrons. The predicted octanol–water partition coefficient (Wildman–Crippen LogP) is 3.55. The first kappa shape index (κ1) is 17.2. The molecule has 0 amide bonds. The highest BCUT2D eigenvalue weighted by atomic mass is 16.3. The minimum Gasteiger partial charge on any atom is -0.451 e. The molecular weight excluding hydrogens is 300 g/mol. The fourth-order valence-electron chi connectivity index (χ4n) is 3.69. The van der Waals surface area contributed by atoms with E-state index >= 15 is 0 Å². The SMILES string of the molecule is CC(C)(C)C1=C2CN(Cc3cocn3)CCN2C=NC1C(C)(C)C. The van der Waals surface area contributed by atoms with E-state index < -0.39 is 0 Å². The zero-order valence-electron chi connectivity index (χ0n) is 15.8. The van der Waals surface area contributed by atoms with Crippen LogP contribution in [0.3, 0.4) is 0 Å². The van der Waals surface area contributed by atoms with Crippen LogP contribution in [-0.4, -0.2) is 46.8 Å². The zero-order chi connectivity index (χ0) is 17.5. The number of oxazole rings is 1. The molecule has 1 aromatic heterocycles. The van der Waals surface area contributed by atoms with Crippen LogP contribution in [-0.2, 0) is 6.54 Å². The van der Waals surface area contributed by atoms with Gasteiger partial charge in [-0.05, 0) is 16.4 Å². The predicted molar refractivity (Wildman–Crippen MR) is 96.7 cm³/mol. The smallest absolute Gasteiger partial charge is 0.180 e. The normalized spacial score (nSPS) is 22.9. The molecule has 3 rings (SSSR count). The van der Waals surface area contributed by atoms with Gasteiger partial charge in [-0.25, -0.2) is 4.98 Å². The molecule has 5 nitrogen and oxygen atoms in total. The summed E-state index contributed by atoms with van der Waals surface area (Å²) in [4.78, 5) is 14.0. The summed E-state index contributed by atoms with van der Waals surface area (Å²) in [6.45, 7) is 17.6. The molecule has 1 fully saturated rings. The number of aliphatic imine (C=N–C) groups is 1. The highest BCUT2D eigenvalue weighted by Crippen LogP contribution is 2.42. The largest absolute Gasteiger partial charge is 0.451 e. The summed E-state index contributed by atoms with van der Waals surface area (Å²) in [6.07, 6.45) is 5.31. The average Bonchev–Trinajstić information content (AvgIpc) is 2.96. The van der Waals surface area contributed by atoms with Crippen molar-refractivity contribution in [3.8, 4) is 0 Å². The van der Waals surface area contributed by atoms with Gasteiger partial charge in [0.2, 0.25) is 0 Å². The lowest BCUT2D eigenvalue weighted by atomic mass is 9.71. The van der Waals surface area contributed by atoms with Gasteiger partial charge >= 0.3 is 0 Å². The summed E-state index contributed by atoms with van der Waals surface area (Å²) < 4.78 is 5.12. The van der Waals surface area contributed by atoms with Crippen LogP contribution in [0.4, 0.5) is 0 Å². The van der Waals surface area contributed by atoms with Gasteiger partial charge in [0, 0.05) is 31.9 Å². The zero-order valence-corrected chi connectivity index (χ0v) is 15.8. The van der Waals surface area contributed by atoms with Crippen molar-refractivity contribution in [2.75, 3.05) is 19.6 Å². The molecular formula is C19H30N4O. The first-order valence-electron chi connectivity index (χ1n) is 8.79. The molecule has 0 aliphatic carbocycles. The van der Waals surface area contributed by atoms with Crippen molar-refractivity contribution in [2.45, 2.75) is 54.1 Å². The van der Waals surface area contributed by atoms with E-state index in [4.69, 9.17) is 9.41 Å². The van der Waals surface area contributed by atoms with E-state index in [9.17, 15) is 0 Å². The number of hydrogen-bond acceptors (Lipinski definition) is 5. The molecule has 24 heavy (non-hydrogen) atoms. The quantitative estimate of drug-likeness (QED) is 0.832. The molecule has 5 heteroatoms. The highest BCUT2D eigenvalue weighted by Gasteiger charge is 2.40. The van der Waals surface area contributed by atoms with Crippen molar-refractivity contribution in [1.29, 1.82) is 0 Å². The van der Waals surface area contributed by atoms with Gasteiger partial charge in [0.05, 0.1) is 18.1 Å². The molecule has 0 saturated carbocycles. The van der Waals surface area contributed by atoms with Crippen molar-refractivity contribution in [3.63, 3.8) is 0 Å². The Bertz CT molecular complexity index is 631. The van der Waals surface area contributed by atoms with Crippen LogP contribution < -0.4 is 0 Å². The van der Waals surface area contributed by atoms with Crippen LogP contribution >= 0.6 is 0 Å². The third kappa shape index (κ3) is 3.41. The first-order chi connectivity index (χ1) is 11.2. The van der Waals surface area contributed by atoms with Gasteiger partial charge < -0.3 is 9.32 Å². The standard InChI is InChI=1S/C19H30N4O/c1-18(2,3)16-15-10-22(9-14-11-24-13-21-14)7-8-23(15)12-20-17(16)19(4,5)6/h11-13,17H,7-10H2,1-6H3. The van der Waals surface area contributed by atoms with Crippen LogP contribution in [0.1, 0.15) is 47.2 Å².